The van der Waals surface area contributed by atoms with Crippen molar-refractivity contribution >= 4 is 11.6 Å². The molecule has 108 valence electrons. The number of hydrogen-bond acceptors (Lipinski definition) is 3. The number of benzene rings is 1. The summed E-state index contributed by atoms with van der Waals surface area (Å²) in [4.78, 5) is 12.3. The smallest absolute Gasteiger partial charge is 0.276 e. The maximum absolute atomic E-state index is 12.3. The summed E-state index contributed by atoms with van der Waals surface area (Å²) < 4.78 is 0. The van der Waals surface area contributed by atoms with Crippen molar-refractivity contribution in [2.75, 3.05) is 5.32 Å². The van der Waals surface area contributed by atoms with E-state index in [1.54, 1.807) is 6.07 Å². The Bertz CT molecular complexity index is 660. The molecule has 1 heterocycles. The number of carbonyl (C=O) groups excluding carboxylic acids is 1. The first-order valence-electron chi connectivity index (χ1n) is 7.42. The lowest BCUT2D eigenvalue weighted by Gasteiger charge is -2.12. The number of nitrogens with one attached hydrogen (secondary N) is 1. The minimum Gasteiger partial charge on any atom is -0.320 e. The third-order valence-electron chi connectivity index (χ3n) is 3.89. The third kappa shape index (κ3) is 2.94. The Kier molecular flexibility index (Phi) is 3.69. The van der Waals surface area contributed by atoms with Crippen molar-refractivity contribution < 1.29 is 4.79 Å². The molecule has 4 heteroatoms. The fourth-order valence-electron chi connectivity index (χ4n) is 2.44. The molecule has 4 nitrogen and oxygen atoms in total. The van der Waals surface area contributed by atoms with Crippen LogP contribution in [-0.4, -0.2) is 16.1 Å². The Balaban J connectivity index is 1.79. The number of aryl methyl sites for hydroxylation is 2. The number of rotatable bonds is 4. The molecule has 1 fully saturated rings. The number of para-hydroxylation sites is 1. The van der Waals surface area contributed by atoms with Crippen LogP contribution in [0.1, 0.15) is 53.0 Å². The van der Waals surface area contributed by atoms with Crippen LogP contribution in [0.25, 0.3) is 0 Å². The van der Waals surface area contributed by atoms with Crippen LogP contribution in [0, 0.1) is 6.92 Å². The Morgan fingerprint density at radius 2 is 2.05 bits per heavy atom. The van der Waals surface area contributed by atoms with E-state index in [9.17, 15) is 4.79 Å². The Morgan fingerprint density at radius 3 is 2.67 bits per heavy atom. The van der Waals surface area contributed by atoms with Gasteiger partial charge in [0.25, 0.3) is 5.91 Å². The standard InChI is InChI=1S/C17H19N3O/c1-3-12-6-4-5-11(2)16(12)18-17(21)15-10-9-14(19-20-15)13-7-8-13/h4-6,9-10,13H,3,7-8H2,1-2H3,(H,18,21). The van der Waals surface area contributed by atoms with Crippen LogP contribution in [0.2, 0.25) is 0 Å². The zero-order valence-electron chi connectivity index (χ0n) is 12.4. The Labute approximate surface area is 124 Å². The van der Waals surface area contributed by atoms with E-state index in [1.165, 1.54) is 12.8 Å². The van der Waals surface area contributed by atoms with Gasteiger partial charge in [-0.15, -0.1) is 5.10 Å². The number of hydrogen-bond donors (Lipinski definition) is 1. The second-order valence-electron chi connectivity index (χ2n) is 5.53. The van der Waals surface area contributed by atoms with Crippen LogP contribution in [-0.2, 0) is 6.42 Å². The van der Waals surface area contributed by atoms with Crippen LogP contribution in [0.3, 0.4) is 0 Å². The van der Waals surface area contributed by atoms with Crippen molar-refractivity contribution in [1.82, 2.24) is 10.2 Å². The summed E-state index contributed by atoms with van der Waals surface area (Å²) in [7, 11) is 0. The molecule has 3 rings (SSSR count). The van der Waals surface area contributed by atoms with Crippen LogP contribution in [0.5, 0.6) is 0 Å². The van der Waals surface area contributed by atoms with Gasteiger partial charge in [0, 0.05) is 11.6 Å². The van der Waals surface area contributed by atoms with E-state index in [0.717, 1.165) is 28.9 Å². The molecule has 1 aliphatic carbocycles. The molecule has 0 radical (unpaired) electrons. The van der Waals surface area contributed by atoms with E-state index in [1.807, 2.05) is 31.2 Å². The number of anilines is 1. The number of aromatic nitrogens is 2. The van der Waals surface area contributed by atoms with Crippen LogP contribution >= 0.6 is 0 Å². The van der Waals surface area contributed by atoms with E-state index in [0.29, 0.717) is 11.6 Å². The average molecular weight is 281 g/mol. The van der Waals surface area contributed by atoms with Crippen molar-refractivity contribution in [3.8, 4) is 0 Å². The SMILES string of the molecule is CCc1cccc(C)c1NC(=O)c1ccc(C2CC2)nn1. The number of nitrogens with zero attached hydrogens (tertiary/aromatic N) is 2. The van der Waals surface area contributed by atoms with E-state index in [-0.39, 0.29) is 5.91 Å². The highest BCUT2D eigenvalue weighted by atomic mass is 16.1. The molecule has 1 N–H and O–H groups in total. The summed E-state index contributed by atoms with van der Waals surface area (Å²) in [5.41, 5.74) is 4.44. The van der Waals surface area contributed by atoms with Gasteiger partial charge in [-0.2, -0.15) is 5.10 Å². The molecule has 1 aliphatic rings. The van der Waals surface area contributed by atoms with Gasteiger partial charge in [-0.3, -0.25) is 4.79 Å². The van der Waals surface area contributed by atoms with Crippen LogP contribution in [0.4, 0.5) is 5.69 Å². The monoisotopic (exact) mass is 281 g/mol. The van der Waals surface area contributed by atoms with Crippen molar-refractivity contribution in [2.45, 2.75) is 39.0 Å². The highest BCUT2D eigenvalue weighted by Gasteiger charge is 2.25. The Morgan fingerprint density at radius 1 is 1.24 bits per heavy atom. The summed E-state index contributed by atoms with van der Waals surface area (Å²) in [6, 6.07) is 9.72. The van der Waals surface area contributed by atoms with Gasteiger partial charge in [-0.1, -0.05) is 25.1 Å². The van der Waals surface area contributed by atoms with Gasteiger partial charge in [0.1, 0.15) is 0 Å². The predicted octanol–water partition coefficient (Wildman–Crippen LogP) is 3.48. The van der Waals surface area contributed by atoms with E-state index in [2.05, 4.69) is 22.4 Å². The van der Waals surface area contributed by atoms with Gasteiger partial charge in [0.2, 0.25) is 0 Å². The molecule has 1 aromatic carbocycles. The molecular weight excluding hydrogens is 262 g/mol. The topological polar surface area (TPSA) is 54.9 Å². The molecule has 1 aromatic heterocycles. The van der Waals surface area contributed by atoms with Crippen LogP contribution in [0.15, 0.2) is 30.3 Å². The largest absolute Gasteiger partial charge is 0.320 e. The predicted molar refractivity (Wildman–Crippen MR) is 82.5 cm³/mol. The molecule has 0 atom stereocenters. The molecule has 0 bridgehead atoms. The van der Waals surface area contributed by atoms with Crippen molar-refractivity contribution in [1.29, 1.82) is 0 Å². The normalized spacial score (nSPS) is 14.0. The molecule has 0 saturated heterocycles. The maximum atomic E-state index is 12.3. The second-order valence-corrected chi connectivity index (χ2v) is 5.53. The van der Waals surface area contributed by atoms with Crippen molar-refractivity contribution in [2.24, 2.45) is 0 Å². The fourth-order valence-corrected chi connectivity index (χ4v) is 2.44. The quantitative estimate of drug-likeness (QED) is 0.933. The zero-order chi connectivity index (χ0) is 14.8. The zero-order valence-corrected chi connectivity index (χ0v) is 12.4. The highest BCUT2D eigenvalue weighted by Crippen LogP contribution is 2.38. The Hall–Kier alpha value is -2.23. The minimum atomic E-state index is -0.200. The summed E-state index contributed by atoms with van der Waals surface area (Å²) in [6.45, 7) is 4.07. The first-order valence-corrected chi connectivity index (χ1v) is 7.42. The lowest BCUT2D eigenvalue weighted by Crippen LogP contribution is -2.16. The highest BCUT2D eigenvalue weighted by molar-refractivity contribution is 6.03. The molecule has 0 unspecified atom stereocenters. The first kappa shape index (κ1) is 13.7. The summed E-state index contributed by atoms with van der Waals surface area (Å²) >= 11 is 0. The molecule has 1 saturated carbocycles. The van der Waals surface area contributed by atoms with Gasteiger partial charge in [-0.25, -0.2) is 0 Å². The van der Waals surface area contributed by atoms with Crippen LogP contribution < -0.4 is 5.32 Å². The molecule has 1 amide bonds. The van der Waals surface area contributed by atoms with Crippen molar-refractivity contribution in [3.05, 3.63) is 52.8 Å². The molecular formula is C17H19N3O. The fraction of sp³-hybridized carbons (Fsp3) is 0.353. The molecule has 2 aromatic rings. The number of carbonyl (C=O) groups is 1. The van der Waals surface area contributed by atoms with Gasteiger partial charge in [0.05, 0.1) is 5.69 Å². The molecule has 0 aliphatic heterocycles. The lowest BCUT2D eigenvalue weighted by atomic mass is 10.1. The van der Waals surface area contributed by atoms with Gasteiger partial charge in [0.15, 0.2) is 5.69 Å². The number of amides is 1. The molecule has 21 heavy (non-hydrogen) atoms. The first-order chi connectivity index (χ1) is 10.2. The van der Waals surface area contributed by atoms with E-state index in [4.69, 9.17) is 0 Å². The average Bonchev–Trinajstić information content (AvgIpc) is 3.34. The maximum Gasteiger partial charge on any atom is 0.276 e. The van der Waals surface area contributed by atoms with E-state index < -0.39 is 0 Å². The van der Waals surface area contributed by atoms with Gasteiger partial charge < -0.3 is 5.32 Å². The minimum absolute atomic E-state index is 0.200. The summed E-state index contributed by atoms with van der Waals surface area (Å²) in [5.74, 6) is 0.353. The summed E-state index contributed by atoms with van der Waals surface area (Å²) in [5, 5.41) is 11.2. The third-order valence-corrected chi connectivity index (χ3v) is 3.89. The molecule has 0 spiro atoms. The lowest BCUT2D eigenvalue weighted by molar-refractivity contribution is 0.102. The second kappa shape index (κ2) is 5.64. The van der Waals surface area contributed by atoms with E-state index >= 15 is 0 Å². The van der Waals surface area contributed by atoms with Gasteiger partial charge >= 0.3 is 0 Å². The summed E-state index contributed by atoms with van der Waals surface area (Å²) in [6.07, 6.45) is 3.25. The van der Waals surface area contributed by atoms with Crippen molar-refractivity contribution in [3.63, 3.8) is 0 Å². The van der Waals surface area contributed by atoms with Gasteiger partial charge in [-0.05, 0) is 49.4 Å².